The lowest BCUT2D eigenvalue weighted by atomic mass is 10.1. The highest BCUT2D eigenvalue weighted by molar-refractivity contribution is 5.82. The van der Waals surface area contributed by atoms with Crippen LogP contribution in [0.4, 0.5) is 4.79 Å². The number of carbonyl (C=O) groups excluding carboxylic acids is 1. The van der Waals surface area contributed by atoms with E-state index in [4.69, 9.17) is 9.84 Å². The molecule has 1 aromatic carbocycles. The number of carbonyl (C=O) groups is 2. The maximum Gasteiger partial charge on any atom is 0.326 e. The zero-order chi connectivity index (χ0) is 17.4. The third-order valence-corrected chi connectivity index (χ3v) is 3.55. The number of hydrogen-bond donors (Lipinski definition) is 2. The summed E-state index contributed by atoms with van der Waals surface area (Å²) in [6.07, 6.45) is 1.10. The molecule has 0 spiro atoms. The Bertz CT molecular complexity index is 545. The highest BCUT2D eigenvalue weighted by Gasteiger charge is 2.20. The van der Waals surface area contributed by atoms with Gasteiger partial charge in [-0.25, -0.2) is 9.59 Å². The van der Waals surface area contributed by atoms with Crippen molar-refractivity contribution in [2.45, 2.75) is 39.7 Å². The van der Waals surface area contributed by atoms with Crippen molar-refractivity contribution in [2.24, 2.45) is 0 Å². The number of carboxylic acids is 1. The summed E-state index contributed by atoms with van der Waals surface area (Å²) in [5.74, 6) is -0.214. The van der Waals surface area contributed by atoms with Gasteiger partial charge in [0.1, 0.15) is 18.4 Å². The van der Waals surface area contributed by atoms with Crippen LogP contribution in [0.15, 0.2) is 18.2 Å². The predicted molar refractivity (Wildman–Crippen MR) is 88.9 cm³/mol. The molecule has 0 aromatic heterocycles. The third-order valence-electron chi connectivity index (χ3n) is 3.55. The van der Waals surface area contributed by atoms with E-state index in [1.807, 2.05) is 39.0 Å². The Morgan fingerprint density at radius 3 is 2.65 bits per heavy atom. The number of nitrogens with one attached hydrogen (secondary N) is 1. The van der Waals surface area contributed by atoms with Gasteiger partial charge in [-0.1, -0.05) is 25.5 Å². The van der Waals surface area contributed by atoms with Crippen LogP contribution >= 0.6 is 0 Å². The monoisotopic (exact) mass is 322 g/mol. The number of carboxylic acid groups (broad SMARTS) is 1. The lowest BCUT2D eigenvalue weighted by molar-refractivity contribution is -0.139. The normalized spacial score (nSPS) is 11.7. The highest BCUT2D eigenvalue weighted by Crippen LogP contribution is 2.18. The second-order valence-corrected chi connectivity index (χ2v) is 5.67. The fraction of sp³-hybridized carbons (Fsp3) is 0.529. The topological polar surface area (TPSA) is 78.9 Å². The zero-order valence-corrected chi connectivity index (χ0v) is 14.3. The van der Waals surface area contributed by atoms with E-state index in [1.165, 1.54) is 4.90 Å². The molecule has 0 aliphatic heterocycles. The number of urea groups is 1. The number of aliphatic carboxylic acids is 1. The van der Waals surface area contributed by atoms with E-state index in [2.05, 4.69) is 5.32 Å². The summed E-state index contributed by atoms with van der Waals surface area (Å²) >= 11 is 0. The number of benzene rings is 1. The Hall–Kier alpha value is -2.24. The second-order valence-electron chi connectivity index (χ2n) is 5.67. The van der Waals surface area contributed by atoms with Crippen molar-refractivity contribution in [3.8, 4) is 5.75 Å². The molecule has 0 radical (unpaired) electrons. The first kappa shape index (κ1) is 18.8. The van der Waals surface area contributed by atoms with Gasteiger partial charge in [0, 0.05) is 7.05 Å². The average molecular weight is 322 g/mol. The van der Waals surface area contributed by atoms with E-state index >= 15 is 0 Å². The Morgan fingerprint density at radius 1 is 1.35 bits per heavy atom. The molecule has 128 valence electrons. The number of amides is 2. The number of ether oxygens (including phenoxy) is 1. The average Bonchev–Trinajstić information content (AvgIpc) is 2.49. The van der Waals surface area contributed by atoms with Gasteiger partial charge in [-0.05, 0) is 37.5 Å². The van der Waals surface area contributed by atoms with Gasteiger partial charge in [0.05, 0.1) is 6.54 Å². The lowest BCUT2D eigenvalue weighted by Gasteiger charge is -2.21. The smallest absolute Gasteiger partial charge is 0.326 e. The standard InChI is InChI=1S/C17H26N2O4/c1-5-6-14(16(20)21)18-17(22)19(4)9-10-23-15-11-12(2)7-8-13(15)3/h7-8,11,14H,5-6,9-10H2,1-4H3,(H,18,22)(H,20,21)/t14-/m1/s1. The largest absolute Gasteiger partial charge is 0.491 e. The molecule has 6 nitrogen and oxygen atoms in total. The molecule has 0 aliphatic rings. The second kappa shape index (κ2) is 9.02. The zero-order valence-electron chi connectivity index (χ0n) is 14.3. The van der Waals surface area contributed by atoms with Gasteiger partial charge in [0.15, 0.2) is 0 Å². The van der Waals surface area contributed by atoms with Crippen molar-refractivity contribution in [2.75, 3.05) is 20.2 Å². The molecule has 2 N–H and O–H groups in total. The number of likely N-dealkylation sites (N-methyl/N-ethyl adjacent to an activating group) is 1. The van der Waals surface area contributed by atoms with Crippen LogP contribution in [0.2, 0.25) is 0 Å². The minimum absolute atomic E-state index is 0.347. The predicted octanol–water partition coefficient (Wildman–Crippen LogP) is 2.58. The molecule has 1 atom stereocenters. The number of nitrogens with zero attached hydrogens (tertiary/aromatic N) is 1. The fourth-order valence-corrected chi connectivity index (χ4v) is 2.06. The molecule has 6 heteroatoms. The third kappa shape index (κ3) is 6.18. The SMILES string of the molecule is CCC[C@@H](NC(=O)N(C)CCOc1cc(C)ccc1C)C(=O)O. The minimum atomic E-state index is -1.01. The first-order valence-electron chi connectivity index (χ1n) is 7.79. The summed E-state index contributed by atoms with van der Waals surface area (Å²) in [6.45, 7) is 6.56. The van der Waals surface area contributed by atoms with Crippen LogP contribution < -0.4 is 10.1 Å². The van der Waals surface area contributed by atoms with Gasteiger partial charge in [-0.3, -0.25) is 0 Å². The van der Waals surface area contributed by atoms with Crippen molar-refractivity contribution in [3.05, 3.63) is 29.3 Å². The Balaban J connectivity index is 2.46. The summed E-state index contributed by atoms with van der Waals surface area (Å²) in [7, 11) is 1.62. The Morgan fingerprint density at radius 2 is 2.04 bits per heavy atom. The van der Waals surface area contributed by atoms with Crippen LogP contribution in [0.25, 0.3) is 0 Å². The summed E-state index contributed by atoms with van der Waals surface area (Å²) in [5, 5.41) is 11.6. The van der Waals surface area contributed by atoms with Gasteiger partial charge in [0.25, 0.3) is 0 Å². The number of aryl methyl sites for hydroxylation is 2. The van der Waals surface area contributed by atoms with Crippen molar-refractivity contribution >= 4 is 12.0 Å². The van der Waals surface area contributed by atoms with Crippen molar-refractivity contribution < 1.29 is 19.4 Å². The molecule has 0 saturated carbocycles. The molecular formula is C17H26N2O4. The molecular weight excluding hydrogens is 296 g/mol. The van der Waals surface area contributed by atoms with E-state index in [0.29, 0.717) is 26.0 Å². The lowest BCUT2D eigenvalue weighted by Crippen LogP contribution is -2.47. The molecule has 2 amide bonds. The van der Waals surface area contributed by atoms with Crippen molar-refractivity contribution in [1.82, 2.24) is 10.2 Å². The molecule has 23 heavy (non-hydrogen) atoms. The first-order chi connectivity index (χ1) is 10.8. The molecule has 1 rings (SSSR count). The molecule has 0 bridgehead atoms. The molecule has 0 unspecified atom stereocenters. The van der Waals surface area contributed by atoms with Crippen LogP contribution in [0.3, 0.4) is 0 Å². The van der Waals surface area contributed by atoms with E-state index in [9.17, 15) is 9.59 Å². The van der Waals surface area contributed by atoms with Gasteiger partial charge in [-0.15, -0.1) is 0 Å². The summed E-state index contributed by atoms with van der Waals surface area (Å²) in [4.78, 5) is 24.5. The summed E-state index contributed by atoms with van der Waals surface area (Å²) in [6, 6.07) is 4.70. The van der Waals surface area contributed by atoms with Gasteiger partial charge in [0.2, 0.25) is 0 Å². The first-order valence-corrected chi connectivity index (χ1v) is 7.79. The van der Waals surface area contributed by atoms with Crippen LogP contribution in [-0.2, 0) is 4.79 Å². The molecule has 1 aromatic rings. The quantitative estimate of drug-likeness (QED) is 0.771. The fourth-order valence-electron chi connectivity index (χ4n) is 2.06. The van der Waals surface area contributed by atoms with Crippen LogP contribution in [0, 0.1) is 13.8 Å². The Kier molecular flexibility index (Phi) is 7.38. The summed E-state index contributed by atoms with van der Waals surface area (Å²) < 4.78 is 5.70. The van der Waals surface area contributed by atoms with Crippen LogP contribution in [0.1, 0.15) is 30.9 Å². The van der Waals surface area contributed by atoms with E-state index < -0.39 is 18.0 Å². The van der Waals surface area contributed by atoms with Crippen LogP contribution in [0.5, 0.6) is 5.75 Å². The van der Waals surface area contributed by atoms with E-state index in [1.54, 1.807) is 7.05 Å². The molecule has 0 fully saturated rings. The molecule has 0 saturated heterocycles. The maximum absolute atomic E-state index is 12.0. The van der Waals surface area contributed by atoms with Crippen molar-refractivity contribution in [1.29, 1.82) is 0 Å². The van der Waals surface area contributed by atoms with Gasteiger partial charge in [-0.2, -0.15) is 0 Å². The van der Waals surface area contributed by atoms with E-state index in [0.717, 1.165) is 16.9 Å². The Labute approximate surface area is 137 Å². The number of rotatable bonds is 8. The summed E-state index contributed by atoms with van der Waals surface area (Å²) in [5.41, 5.74) is 2.15. The van der Waals surface area contributed by atoms with Gasteiger partial charge < -0.3 is 20.1 Å². The van der Waals surface area contributed by atoms with E-state index in [-0.39, 0.29) is 0 Å². The van der Waals surface area contributed by atoms with Crippen LogP contribution in [-0.4, -0.2) is 48.2 Å². The van der Waals surface area contributed by atoms with Crippen molar-refractivity contribution in [3.63, 3.8) is 0 Å². The maximum atomic E-state index is 12.0. The molecule has 0 aliphatic carbocycles. The minimum Gasteiger partial charge on any atom is -0.491 e. The number of hydrogen-bond acceptors (Lipinski definition) is 3. The highest BCUT2D eigenvalue weighted by atomic mass is 16.5. The molecule has 0 heterocycles. The van der Waals surface area contributed by atoms with Gasteiger partial charge >= 0.3 is 12.0 Å².